The fourth-order valence-corrected chi connectivity index (χ4v) is 3.42. The van der Waals surface area contributed by atoms with E-state index in [0.29, 0.717) is 25.3 Å². The van der Waals surface area contributed by atoms with Crippen molar-refractivity contribution in [3.8, 4) is 0 Å². The molecule has 126 valence electrons. The number of para-hydroxylation sites is 1. The lowest BCUT2D eigenvalue weighted by molar-refractivity contribution is -0.119. The first-order chi connectivity index (χ1) is 11.6. The molecular formula is C17H17F2N3OS. The Morgan fingerprint density at radius 1 is 1.25 bits per heavy atom. The van der Waals surface area contributed by atoms with Gasteiger partial charge in [-0.05, 0) is 30.7 Å². The maximum absolute atomic E-state index is 13.8. The normalized spacial score (nSPS) is 17.1. The van der Waals surface area contributed by atoms with Crippen molar-refractivity contribution in [3.63, 3.8) is 0 Å². The summed E-state index contributed by atoms with van der Waals surface area (Å²) in [5, 5.41) is 2.93. The molecule has 2 heterocycles. The lowest BCUT2D eigenvalue weighted by Crippen LogP contribution is -2.38. The molecule has 1 N–H and O–H groups in total. The van der Waals surface area contributed by atoms with Gasteiger partial charge in [-0.3, -0.25) is 9.78 Å². The summed E-state index contributed by atoms with van der Waals surface area (Å²) < 4.78 is 27.6. The fourth-order valence-electron chi connectivity index (χ4n) is 2.72. The highest BCUT2D eigenvalue weighted by molar-refractivity contribution is 8.00. The average molecular weight is 349 g/mol. The molecule has 1 amide bonds. The minimum atomic E-state index is -0.574. The summed E-state index contributed by atoms with van der Waals surface area (Å²) >= 11 is 1.43. The first-order valence-electron chi connectivity index (χ1n) is 7.64. The second-order valence-corrected chi connectivity index (χ2v) is 6.59. The van der Waals surface area contributed by atoms with E-state index in [1.165, 1.54) is 30.0 Å². The Kier molecular flexibility index (Phi) is 5.30. The number of nitrogens with zero attached hydrogens (tertiary/aromatic N) is 2. The van der Waals surface area contributed by atoms with Crippen molar-refractivity contribution in [3.05, 3.63) is 54.4 Å². The van der Waals surface area contributed by atoms with Gasteiger partial charge in [0.25, 0.3) is 0 Å². The Hall–Kier alpha value is -2.15. The summed E-state index contributed by atoms with van der Waals surface area (Å²) in [5.41, 5.74) is -0.0135. The number of benzene rings is 1. The molecule has 0 unspecified atom stereocenters. The van der Waals surface area contributed by atoms with Crippen LogP contribution in [0.3, 0.4) is 0 Å². The predicted octanol–water partition coefficient (Wildman–Crippen LogP) is 2.85. The topological polar surface area (TPSA) is 45.2 Å². The summed E-state index contributed by atoms with van der Waals surface area (Å²) in [6, 6.07) is 7.42. The van der Waals surface area contributed by atoms with Gasteiger partial charge in [0.1, 0.15) is 17.3 Å². The van der Waals surface area contributed by atoms with E-state index in [4.69, 9.17) is 0 Å². The van der Waals surface area contributed by atoms with Gasteiger partial charge in [-0.1, -0.05) is 6.07 Å². The molecule has 1 saturated heterocycles. The van der Waals surface area contributed by atoms with Crippen LogP contribution >= 0.6 is 11.8 Å². The molecule has 0 aliphatic carbocycles. The maximum atomic E-state index is 13.8. The molecule has 0 saturated carbocycles. The highest BCUT2D eigenvalue weighted by Crippen LogP contribution is 2.26. The molecule has 24 heavy (non-hydrogen) atoms. The summed E-state index contributed by atoms with van der Waals surface area (Å²) in [6.45, 7) is 0.920. The van der Waals surface area contributed by atoms with Gasteiger partial charge >= 0.3 is 0 Å². The Morgan fingerprint density at radius 2 is 1.96 bits per heavy atom. The summed E-state index contributed by atoms with van der Waals surface area (Å²) in [5.74, 6) is -0.933. The van der Waals surface area contributed by atoms with Crippen molar-refractivity contribution in [1.82, 2.24) is 10.3 Å². The van der Waals surface area contributed by atoms with Crippen LogP contribution in [0.1, 0.15) is 6.42 Å². The van der Waals surface area contributed by atoms with Gasteiger partial charge in [0.2, 0.25) is 5.91 Å². The number of aromatic nitrogens is 1. The van der Waals surface area contributed by atoms with Gasteiger partial charge in [-0.15, -0.1) is 11.8 Å². The van der Waals surface area contributed by atoms with Gasteiger partial charge < -0.3 is 10.2 Å². The number of nitrogens with one attached hydrogen (secondary N) is 1. The van der Waals surface area contributed by atoms with Crippen LogP contribution in [-0.4, -0.2) is 35.8 Å². The molecule has 1 aromatic carbocycles. The number of carbonyl (C=O) groups is 1. The average Bonchev–Trinajstić information content (AvgIpc) is 3.02. The largest absolute Gasteiger partial charge is 0.365 e. The number of carbonyl (C=O) groups excluding carboxylic acids is 1. The van der Waals surface area contributed by atoms with Crippen molar-refractivity contribution in [1.29, 1.82) is 0 Å². The van der Waals surface area contributed by atoms with Crippen LogP contribution in [0.5, 0.6) is 0 Å². The second kappa shape index (κ2) is 7.61. The number of hydrogen-bond donors (Lipinski definition) is 1. The van der Waals surface area contributed by atoms with Crippen molar-refractivity contribution in [2.45, 2.75) is 17.4 Å². The Bertz CT molecular complexity index is 694. The van der Waals surface area contributed by atoms with Crippen LogP contribution in [0.4, 0.5) is 14.5 Å². The number of amides is 1. The maximum Gasteiger partial charge on any atom is 0.230 e. The lowest BCUT2D eigenvalue weighted by Gasteiger charge is -2.20. The third-order valence-electron chi connectivity index (χ3n) is 3.83. The van der Waals surface area contributed by atoms with Gasteiger partial charge in [0, 0.05) is 36.4 Å². The molecule has 1 aliphatic heterocycles. The van der Waals surface area contributed by atoms with Crippen molar-refractivity contribution >= 4 is 23.4 Å². The van der Waals surface area contributed by atoms with E-state index in [1.54, 1.807) is 17.3 Å². The van der Waals surface area contributed by atoms with Crippen LogP contribution in [0, 0.1) is 11.6 Å². The van der Waals surface area contributed by atoms with Crippen molar-refractivity contribution in [2.24, 2.45) is 0 Å². The van der Waals surface area contributed by atoms with E-state index in [1.807, 2.05) is 12.1 Å². The smallest absolute Gasteiger partial charge is 0.230 e. The molecular weight excluding hydrogens is 332 g/mol. The second-order valence-electron chi connectivity index (χ2n) is 5.54. The van der Waals surface area contributed by atoms with Crippen LogP contribution in [0.25, 0.3) is 0 Å². The fraction of sp³-hybridized carbons (Fsp3) is 0.294. The standard InChI is InChI=1S/C17H17F2N3OS/c18-14-2-1-3-15(19)17(14)22-9-6-12(10-22)21-16(23)11-24-13-4-7-20-8-5-13/h1-5,7-8,12H,6,9-11H2,(H,21,23)/t12-/m0/s1. The van der Waals surface area contributed by atoms with Gasteiger partial charge in [0.15, 0.2) is 0 Å². The van der Waals surface area contributed by atoms with E-state index in [-0.39, 0.29) is 17.6 Å². The quantitative estimate of drug-likeness (QED) is 0.843. The highest BCUT2D eigenvalue weighted by atomic mass is 32.2. The monoisotopic (exact) mass is 349 g/mol. The SMILES string of the molecule is O=C(CSc1ccncc1)N[C@H]1CCN(c2c(F)cccc2F)C1. The zero-order valence-corrected chi connectivity index (χ0v) is 13.7. The van der Waals surface area contributed by atoms with E-state index >= 15 is 0 Å². The summed E-state index contributed by atoms with van der Waals surface area (Å²) in [7, 11) is 0. The molecule has 4 nitrogen and oxygen atoms in total. The van der Waals surface area contributed by atoms with Gasteiger partial charge in [-0.25, -0.2) is 8.78 Å². The van der Waals surface area contributed by atoms with Crippen molar-refractivity contribution < 1.29 is 13.6 Å². The zero-order chi connectivity index (χ0) is 16.9. The number of hydrogen-bond acceptors (Lipinski definition) is 4. The number of pyridine rings is 1. The first kappa shape index (κ1) is 16.7. The van der Waals surface area contributed by atoms with Crippen LogP contribution in [0.2, 0.25) is 0 Å². The molecule has 1 fully saturated rings. The molecule has 0 bridgehead atoms. The molecule has 0 radical (unpaired) electrons. The molecule has 2 aromatic rings. The Morgan fingerprint density at radius 3 is 2.67 bits per heavy atom. The lowest BCUT2D eigenvalue weighted by atomic mass is 10.2. The van der Waals surface area contributed by atoms with Gasteiger partial charge in [-0.2, -0.15) is 0 Å². The van der Waals surface area contributed by atoms with E-state index in [2.05, 4.69) is 10.3 Å². The van der Waals surface area contributed by atoms with Crippen LogP contribution < -0.4 is 10.2 Å². The van der Waals surface area contributed by atoms with E-state index in [9.17, 15) is 13.6 Å². The molecule has 7 heteroatoms. The number of rotatable bonds is 5. The highest BCUT2D eigenvalue weighted by Gasteiger charge is 2.27. The third kappa shape index (κ3) is 4.03. The zero-order valence-electron chi connectivity index (χ0n) is 12.9. The minimum absolute atomic E-state index is 0.0135. The molecule has 0 spiro atoms. The molecule has 1 atom stereocenters. The number of thioether (sulfide) groups is 1. The first-order valence-corrected chi connectivity index (χ1v) is 8.63. The summed E-state index contributed by atoms with van der Waals surface area (Å²) in [6.07, 6.45) is 4.02. The molecule has 1 aromatic heterocycles. The van der Waals surface area contributed by atoms with Crippen molar-refractivity contribution in [2.75, 3.05) is 23.7 Å². The van der Waals surface area contributed by atoms with E-state index in [0.717, 1.165) is 4.90 Å². The molecule has 3 rings (SSSR count). The third-order valence-corrected chi connectivity index (χ3v) is 4.84. The Balaban J connectivity index is 1.52. The van der Waals surface area contributed by atoms with E-state index < -0.39 is 11.6 Å². The van der Waals surface area contributed by atoms with Gasteiger partial charge in [0.05, 0.1) is 5.75 Å². The number of halogens is 2. The predicted molar refractivity (Wildman–Crippen MR) is 90.1 cm³/mol. The number of anilines is 1. The summed E-state index contributed by atoms with van der Waals surface area (Å²) in [4.78, 5) is 18.6. The van der Waals surface area contributed by atoms with Crippen LogP contribution in [0.15, 0.2) is 47.6 Å². The Labute approximate surface area is 143 Å². The van der Waals surface area contributed by atoms with Crippen LogP contribution in [-0.2, 0) is 4.79 Å². The molecule has 1 aliphatic rings. The minimum Gasteiger partial charge on any atom is -0.365 e.